The van der Waals surface area contributed by atoms with E-state index in [4.69, 9.17) is 25.8 Å². The van der Waals surface area contributed by atoms with Crippen LogP contribution >= 0.6 is 22.9 Å². The van der Waals surface area contributed by atoms with Crippen LogP contribution < -0.4 is 14.2 Å². The molecule has 3 heterocycles. The van der Waals surface area contributed by atoms with Gasteiger partial charge in [0.25, 0.3) is 0 Å². The minimum absolute atomic E-state index is 0.165. The number of methoxy groups -OCH3 is 2. The smallest absolute Gasteiger partial charge is 0.217 e. The average molecular weight is 476 g/mol. The highest BCUT2D eigenvalue weighted by molar-refractivity contribution is 7.13. The van der Waals surface area contributed by atoms with E-state index in [1.165, 1.54) is 25.6 Å². The van der Waals surface area contributed by atoms with E-state index in [-0.39, 0.29) is 33.8 Å². The number of Topliss-reactive ketones (excluding diaryl/α,β-unsaturated/α-hetero) is 1. The molecule has 1 aliphatic carbocycles. The van der Waals surface area contributed by atoms with Crippen molar-refractivity contribution in [3.05, 3.63) is 39.0 Å². The Morgan fingerprint density at radius 3 is 2.69 bits per heavy atom. The highest BCUT2D eigenvalue weighted by Crippen LogP contribution is 2.57. The molecule has 0 radical (unpaired) electrons. The number of rotatable bonds is 3. The summed E-state index contributed by atoms with van der Waals surface area (Å²) in [5.41, 5.74) is 1.48. The fourth-order valence-corrected chi connectivity index (χ4v) is 5.95. The van der Waals surface area contributed by atoms with E-state index >= 15 is 0 Å². The van der Waals surface area contributed by atoms with Gasteiger partial charge in [0.05, 0.1) is 19.9 Å². The predicted molar refractivity (Wildman–Crippen MR) is 119 cm³/mol. The number of aliphatic hydroxyl groups excluding tert-OH is 1. The van der Waals surface area contributed by atoms with Gasteiger partial charge in [0.1, 0.15) is 38.9 Å². The molecule has 168 valence electrons. The molecule has 3 aromatic rings. The number of nitrogens with zero attached hydrogens (tertiary/aromatic N) is 3. The second kappa shape index (κ2) is 7.19. The molecule has 0 bridgehead atoms. The summed E-state index contributed by atoms with van der Waals surface area (Å²) >= 11 is 7.98. The lowest BCUT2D eigenvalue weighted by Crippen LogP contribution is -2.54. The van der Waals surface area contributed by atoms with Gasteiger partial charge in [-0.2, -0.15) is 5.10 Å². The standard InChI is InChI=1S/C22H22ClN3O5S/c1-9-6-11-14(17(26(3)25-11)21-24-10(2)8-32-21)19(27)22(9)20(28)15-12(29-4)7-13(30-5)16(23)18(15)31-22/h7-9,19,27H,6H2,1-5H3/t9-,19?,22+/m1/s1. The molecule has 2 aromatic heterocycles. The first-order valence-corrected chi connectivity index (χ1v) is 11.3. The number of thiazole rings is 1. The van der Waals surface area contributed by atoms with Crippen molar-refractivity contribution in [2.75, 3.05) is 14.2 Å². The van der Waals surface area contributed by atoms with Crippen molar-refractivity contribution in [3.63, 3.8) is 0 Å². The Morgan fingerprint density at radius 2 is 2.06 bits per heavy atom. The molecule has 5 rings (SSSR count). The van der Waals surface area contributed by atoms with Crippen molar-refractivity contribution in [1.29, 1.82) is 0 Å². The zero-order valence-corrected chi connectivity index (χ0v) is 19.8. The SMILES string of the molecule is COc1cc(OC)c2c(c1Cl)O[C@]1(C2=O)C(O)c2c(nn(C)c2-c2nc(C)cs2)C[C@H]1C. The molecule has 0 saturated carbocycles. The molecule has 1 N–H and O–H groups in total. The fourth-order valence-electron chi connectivity index (χ4n) is 4.80. The lowest BCUT2D eigenvalue weighted by atomic mass is 9.70. The normalized spacial score (nSPS) is 23.8. The Hall–Kier alpha value is -2.62. The van der Waals surface area contributed by atoms with Gasteiger partial charge in [-0.1, -0.05) is 18.5 Å². The third-order valence-corrected chi connectivity index (χ3v) is 7.66. The Balaban J connectivity index is 1.71. The Bertz CT molecular complexity index is 1270. The molecule has 1 spiro atoms. The molecular weight excluding hydrogens is 454 g/mol. The summed E-state index contributed by atoms with van der Waals surface area (Å²) in [6.45, 7) is 3.78. The summed E-state index contributed by atoms with van der Waals surface area (Å²) in [6, 6.07) is 1.56. The third-order valence-electron chi connectivity index (χ3n) is 6.34. The molecule has 1 unspecified atom stereocenters. The van der Waals surface area contributed by atoms with Gasteiger partial charge in [0, 0.05) is 35.7 Å². The van der Waals surface area contributed by atoms with Crippen molar-refractivity contribution in [2.24, 2.45) is 13.0 Å². The summed E-state index contributed by atoms with van der Waals surface area (Å²) in [5.74, 6) is 0.0289. The molecule has 0 saturated heterocycles. The first-order chi connectivity index (χ1) is 15.2. The number of aromatic nitrogens is 3. The molecule has 32 heavy (non-hydrogen) atoms. The summed E-state index contributed by atoms with van der Waals surface area (Å²) in [6.07, 6.45) is -0.831. The molecule has 0 amide bonds. The van der Waals surface area contributed by atoms with Gasteiger partial charge in [-0.3, -0.25) is 9.48 Å². The van der Waals surface area contributed by atoms with Crippen LogP contribution in [0.1, 0.15) is 40.3 Å². The van der Waals surface area contributed by atoms with E-state index in [0.29, 0.717) is 23.4 Å². The number of carbonyl (C=O) groups is 1. The zero-order chi connectivity index (χ0) is 22.9. The van der Waals surface area contributed by atoms with Gasteiger partial charge in [-0.25, -0.2) is 4.98 Å². The highest BCUT2D eigenvalue weighted by Gasteiger charge is 2.62. The summed E-state index contributed by atoms with van der Waals surface area (Å²) < 4.78 is 18.8. The van der Waals surface area contributed by atoms with E-state index in [1.54, 1.807) is 10.7 Å². The molecule has 1 aliphatic heterocycles. The largest absolute Gasteiger partial charge is 0.496 e. The lowest BCUT2D eigenvalue weighted by Gasteiger charge is -2.40. The Labute approximate surface area is 193 Å². The topological polar surface area (TPSA) is 95.7 Å². The minimum Gasteiger partial charge on any atom is -0.496 e. The zero-order valence-electron chi connectivity index (χ0n) is 18.2. The fraction of sp³-hybridized carbons (Fsp3) is 0.409. The number of fused-ring (bicyclic) bond motifs is 2. The number of ketones is 1. The number of benzene rings is 1. The maximum Gasteiger partial charge on any atom is 0.217 e. The summed E-state index contributed by atoms with van der Waals surface area (Å²) in [4.78, 5) is 18.5. The van der Waals surface area contributed by atoms with Crippen LogP contribution in [0.2, 0.25) is 5.02 Å². The number of hydrogen-bond donors (Lipinski definition) is 1. The van der Waals surface area contributed by atoms with Gasteiger partial charge in [0.2, 0.25) is 11.4 Å². The number of hydrogen-bond acceptors (Lipinski definition) is 8. The van der Waals surface area contributed by atoms with Crippen LogP contribution in [-0.4, -0.2) is 45.5 Å². The molecule has 3 atom stereocenters. The molecule has 1 aromatic carbocycles. The van der Waals surface area contributed by atoms with Crippen LogP contribution in [0.3, 0.4) is 0 Å². The summed E-state index contributed by atoms with van der Waals surface area (Å²) in [5, 5.41) is 19.2. The third kappa shape index (κ3) is 2.61. The number of carbonyl (C=O) groups excluding carboxylic acids is 1. The van der Waals surface area contributed by atoms with Crippen LogP contribution in [0.15, 0.2) is 11.4 Å². The quantitative estimate of drug-likeness (QED) is 0.616. The van der Waals surface area contributed by atoms with Gasteiger partial charge < -0.3 is 19.3 Å². The minimum atomic E-state index is -1.57. The first-order valence-electron chi connectivity index (χ1n) is 10.1. The second-order valence-electron chi connectivity index (χ2n) is 8.16. The summed E-state index contributed by atoms with van der Waals surface area (Å²) in [7, 11) is 4.75. The molecule has 8 nitrogen and oxygen atoms in total. The number of aliphatic hydroxyl groups is 1. The van der Waals surface area contributed by atoms with Crippen LogP contribution in [0.4, 0.5) is 0 Å². The van der Waals surface area contributed by atoms with E-state index in [1.807, 2.05) is 26.3 Å². The van der Waals surface area contributed by atoms with E-state index in [9.17, 15) is 9.90 Å². The van der Waals surface area contributed by atoms with E-state index in [2.05, 4.69) is 10.1 Å². The molecule has 0 fully saturated rings. The van der Waals surface area contributed by atoms with E-state index < -0.39 is 11.7 Å². The predicted octanol–water partition coefficient (Wildman–Crippen LogP) is 3.76. The van der Waals surface area contributed by atoms with Crippen LogP contribution in [0.5, 0.6) is 17.2 Å². The van der Waals surface area contributed by atoms with Crippen molar-refractivity contribution in [1.82, 2.24) is 14.8 Å². The van der Waals surface area contributed by atoms with Crippen molar-refractivity contribution in [3.8, 4) is 28.0 Å². The maximum atomic E-state index is 13.9. The van der Waals surface area contributed by atoms with Gasteiger partial charge >= 0.3 is 0 Å². The maximum absolute atomic E-state index is 13.9. The Kier molecular flexibility index (Phi) is 4.77. The average Bonchev–Trinajstić information content (AvgIpc) is 3.42. The molecular formula is C22H22ClN3O5S. The van der Waals surface area contributed by atoms with Crippen LogP contribution in [0, 0.1) is 12.8 Å². The van der Waals surface area contributed by atoms with Crippen molar-refractivity contribution in [2.45, 2.75) is 32.0 Å². The molecule has 10 heteroatoms. The number of halogens is 1. The van der Waals surface area contributed by atoms with Gasteiger partial charge in [0.15, 0.2) is 5.75 Å². The number of aryl methyl sites for hydroxylation is 2. The second-order valence-corrected chi connectivity index (χ2v) is 9.39. The van der Waals surface area contributed by atoms with E-state index in [0.717, 1.165) is 16.4 Å². The monoisotopic (exact) mass is 475 g/mol. The first kappa shape index (κ1) is 21.2. The van der Waals surface area contributed by atoms with Gasteiger partial charge in [-0.05, 0) is 13.3 Å². The molecule has 2 aliphatic rings. The lowest BCUT2D eigenvalue weighted by molar-refractivity contribution is -0.0634. The highest BCUT2D eigenvalue weighted by atomic mass is 35.5. The van der Waals surface area contributed by atoms with Crippen molar-refractivity contribution < 1.29 is 24.1 Å². The van der Waals surface area contributed by atoms with Crippen molar-refractivity contribution >= 4 is 28.7 Å². The van der Waals surface area contributed by atoms with Gasteiger partial charge in [-0.15, -0.1) is 11.3 Å². The number of ether oxygens (including phenoxy) is 3. The van der Waals surface area contributed by atoms with Crippen LogP contribution in [-0.2, 0) is 13.5 Å². The Morgan fingerprint density at radius 1 is 1.34 bits per heavy atom. The van der Waals surface area contributed by atoms with Crippen LogP contribution in [0.25, 0.3) is 10.7 Å².